The van der Waals surface area contributed by atoms with Crippen LogP contribution in [0.5, 0.6) is 0 Å². The van der Waals surface area contributed by atoms with Crippen molar-refractivity contribution in [2.24, 2.45) is 0 Å². The predicted molar refractivity (Wildman–Crippen MR) is 118 cm³/mol. The maximum absolute atomic E-state index is 12.9. The van der Waals surface area contributed by atoms with E-state index in [1.54, 1.807) is 36.4 Å². The van der Waals surface area contributed by atoms with Gasteiger partial charge in [0.1, 0.15) is 0 Å². The fourth-order valence-electron chi connectivity index (χ4n) is 3.10. The third kappa shape index (κ3) is 5.92. The van der Waals surface area contributed by atoms with Gasteiger partial charge in [0.15, 0.2) is 0 Å². The molecule has 0 spiro atoms. The summed E-state index contributed by atoms with van der Waals surface area (Å²) >= 11 is 5.94. The quantitative estimate of drug-likeness (QED) is 0.421. The van der Waals surface area contributed by atoms with Gasteiger partial charge in [-0.25, -0.2) is 13.2 Å². The predicted octanol–water partition coefficient (Wildman–Crippen LogP) is 3.74. The molecule has 3 aromatic rings. The van der Waals surface area contributed by atoms with Gasteiger partial charge in [-0.1, -0.05) is 41.9 Å². The molecule has 0 saturated carbocycles. The van der Waals surface area contributed by atoms with Gasteiger partial charge in [-0.15, -0.1) is 0 Å². The van der Waals surface area contributed by atoms with Gasteiger partial charge < -0.3 is 15.5 Å². The number of aliphatic hydroxyl groups excluding tert-OH is 1. The molecule has 0 aliphatic heterocycles. The highest BCUT2D eigenvalue weighted by Crippen LogP contribution is 2.23. The molecule has 3 aromatic carbocycles. The van der Waals surface area contributed by atoms with Gasteiger partial charge in [0.2, 0.25) is 9.84 Å². The van der Waals surface area contributed by atoms with Crippen LogP contribution >= 0.6 is 11.6 Å². The molecule has 0 heterocycles. The molecule has 0 saturated heterocycles. The zero-order valence-corrected chi connectivity index (χ0v) is 18.1. The molecule has 8 heteroatoms. The van der Waals surface area contributed by atoms with Gasteiger partial charge in [0.25, 0.3) is 0 Å². The van der Waals surface area contributed by atoms with E-state index < -0.39 is 21.9 Å². The molecule has 1 atom stereocenters. The largest absolute Gasteiger partial charge is 0.478 e. The maximum atomic E-state index is 12.9. The van der Waals surface area contributed by atoms with E-state index in [4.69, 9.17) is 16.7 Å². The minimum atomic E-state index is -3.84. The van der Waals surface area contributed by atoms with Gasteiger partial charge in [0, 0.05) is 11.6 Å². The fourth-order valence-corrected chi connectivity index (χ4v) is 4.68. The van der Waals surface area contributed by atoms with Crippen LogP contribution in [0.25, 0.3) is 0 Å². The molecule has 162 valence electrons. The number of aliphatic hydroxyl groups is 1. The van der Waals surface area contributed by atoms with Gasteiger partial charge in [0.05, 0.1) is 21.5 Å². The smallest absolute Gasteiger partial charge is 0.335 e. The molecule has 0 fully saturated rings. The van der Waals surface area contributed by atoms with Crippen LogP contribution in [0.4, 0.5) is 0 Å². The van der Waals surface area contributed by atoms with Crippen LogP contribution in [-0.2, 0) is 16.3 Å². The summed E-state index contributed by atoms with van der Waals surface area (Å²) in [5.74, 6) is -1.18. The molecular weight excluding hydrogens is 438 g/mol. The normalized spacial score (nSPS) is 12.5. The van der Waals surface area contributed by atoms with E-state index >= 15 is 0 Å². The van der Waals surface area contributed by atoms with Crippen molar-refractivity contribution in [3.05, 3.63) is 94.5 Å². The molecular formula is C23H22ClNO5S. The number of hydrogen-bond acceptors (Lipinski definition) is 5. The average molecular weight is 460 g/mol. The third-order valence-corrected chi connectivity index (χ3v) is 6.75. The lowest BCUT2D eigenvalue weighted by Gasteiger charge is -2.13. The van der Waals surface area contributed by atoms with Crippen LogP contribution in [0.1, 0.15) is 27.6 Å². The fraction of sp³-hybridized carbons (Fsp3) is 0.174. The number of sulfone groups is 1. The Morgan fingerprint density at radius 1 is 0.968 bits per heavy atom. The zero-order chi connectivity index (χ0) is 22.4. The molecule has 0 radical (unpaired) electrons. The van der Waals surface area contributed by atoms with Gasteiger partial charge in [-0.3, -0.25) is 0 Å². The zero-order valence-electron chi connectivity index (χ0n) is 16.5. The molecule has 31 heavy (non-hydrogen) atoms. The summed E-state index contributed by atoms with van der Waals surface area (Å²) in [7, 11) is -3.84. The second-order valence-corrected chi connectivity index (χ2v) is 9.39. The summed E-state index contributed by atoms with van der Waals surface area (Å²) in [5.41, 5.74) is 1.44. The second-order valence-electron chi connectivity index (χ2n) is 7.01. The number of aromatic carboxylic acids is 1. The van der Waals surface area contributed by atoms with Crippen molar-refractivity contribution in [2.45, 2.75) is 22.3 Å². The van der Waals surface area contributed by atoms with Crippen molar-refractivity contribution in [1.29, 1.82) is 0 Å². The summed E-state index contributed by atoms with van der Waals surface area (Å²) in [6.45, 7) is 0.871. The van der Waals surface area contributed by atoms with Crippen molar-refractivity contribution >= 4 is 27.4 Å². The molecule has 0 bridgehead atoms. The van der Waals surface area contributed by atoms with Gasteiger partial charge in [-0.05, 0) is 66.6 Å². The number of halogens is 1. The Balaban J connectivity index is 1.63. The topological polar surface area (TPSA) is 104 Å². The van der Waals surface area contributed by atoms with E-state index in [2.05, 4.69) is 5.32 Å². The molecule has 0 aliphatic rings. The van der Waals surface area contributed by atoms with Crippen molar-refractivity contribution in [1.82, 2.24) is 5.32 Å². The van der Waals surface area contributed by atoms with Gasteiger partial charge >= 0.3 is 5.97 Å². The second kappa shape index (κ2) is 10.1. The highest BCUT2D eigenvalue weighted by molar-refractivity contribution is 7.91. The van der Waals surface area contributed by atoms with Crippen LogP contribution in [0.3, 0.4) is 0 Å². The third-order valence-electron chi connectivity index (χ3n) is 4.76. The van der Waals surface area contributed by atoms with Crippen LogP contribution in [-0.4, -0.2) is 37.7 Å². The van der Waals surface area contributed by atoms with Crippen LogP contribution in [0, 0.1) is 0 Å². The van der Waals surface area contributed by atoms with E-state index in [1.807, 2.05) is 6.07 Å². The minimum absolute atomic E-state index is 0.0627. The molecule has 3 N–H and O–H groups in total. The number of carbonyl (C=O) groups is 1. The molecule has 3 rings (SSSR count). The summed E-state index contributed by atoms with van der Waals surface area (Å²) in [6.07, 6.45) is -0.146. The first kappa shape index (κ1) is 23.0. The van der Waals surface area contributed by atoms with Crippen LogP contribution in [0.15, 0.2) is 82.6 Å². The first-order chi connectivity index (χ1) is 14.8. The summed E-state index contributed by atoms with van der Waals surface area (Å²) in [4.78, 5) is 11.2. The lowest BCUT2D eigenvalue weighted by atomic mass is 10.1. The number of rotatable bonds is 9. The van der Waals surface area contributed by atoms with E-state index in [1.165, 1.54) is 24.3 Å². The maximum Gasteiger partial charge on any atom is 0.335 e. The Labute approximate surface area is 186 Å². The monoisotopic (exact) mass is 459 g/mol. The summed E-state index contributed by atoms with van der Waals surface area (Å²) < 4.78 is 25.8. The van der Waals surface area contributed by atoms with Crippen LogP contribution in [0.2, 0.25) is 5.02 Å². The lowest BCUT2D eigenvalue weighted by Crippen LogP contribution is -2.23. The first-order valence-electron chi connectivity index (χ1n) is 9.59. The SMILES string of the molecule is O=C(O)c1cccc(S(=O)(=O)c2cccc(CCNC[C@@H](O)c3cccc(Cl)c3)c2)c1. The lowest BCUT2D eigenvalue weighted by molar-refractivity contribution is 0.0696. The average Bonchev–Trinajstić information content (AvgIpc) is 2.77. The highest BCUT2D eigenvalue weighted by Gasteiger charge is 2.19. The standard InChI is InChI=1S/C23H22ClNO5S/c24-19-7-2-5-17(13-19)22(26)15-25-11-10-16-4-1-8-20(12-16)31(29,30)21-9-3-6-18(14-21)23(27)28/h1-9,12-14,22,25-26H,10-11,15H2,(H,27,28)/t22-/m1/s1. The van der Waals surface area contributed by atoms with E-state index in [0.717, 1.165) is 17.2 Å². The molecule has 0 amide bonds. The number of nitrogens with one attached hydrogen (secondary N) is 1. The summed E-state index contributed by atoms with van der Waals surface area (Å²) in [6, 6.07) is 18.9. The molecule has 6 nitrogen and oxygen atoms in total. The summed E-state index contributed by atoms with van der Waals surface area (Å²) in [5, 5.41) is 23.1. The van der Waals surface area contributed by atoms with Gasteiger partial charge in [-0.2, -0.15) is 0 Å². The Kier molecular flexibility index (Phi) is 7.46. The first-order valence-corrected chi connectivity index (χ1v) is 11.4. The van der Waals surface area contributed by atoms with Crippen LogP contribution < -0.4 is 5.32 Å². The van der Waals surface area contributed by atoms with Crippen molar-refractivity contribution in [2.75, 3.05) is 13.1 Å². The molecule has 0 aromatic heterocycles. The van der Waals surface area contributed by atoms with Crippen molar-refractivity contribution in [3.8, 4) is 0 Å². The van der Waals surface area contributed by atoms with E-state index in [0.29, 0.717) is 24.5 Å². The Hall–Kier alpha value is -2.71. The molecule has 0 unspecified atom stereocenters. The Morgan fingerprint density at radius 2 is 1.65 bits per heavy atom. The Bertz CT molecular complexity index is 1180. The molecule has 0 aliphatic carbocycles. The number of hydrogen-bond donors (Lipinski definition) is 3. The number of benzene rings is 3. The van der Waals surface area contributed by atoms with E-state index in [9.17, 15) is 18.3 Å². The van der Waals surface area contributed by atoms with Crippen molar-refractivity contribution in [3.63, 3.8) is 0 Å². The highest BCUT2D eigenvalue weighted by atomic mass is 35.5. The van der Waals surface area contributed by atoms with Crippen molar-refractivity contribution < 1.29 is 23.4 Å². The Morgan fingerprint density at radius 3 is 2.35 bits per heavy atom. The minimum Gasteiger partial charge on any atom is -0.478 e. The van der Waals surface area contributed by atoms with E-state index in [-0.39, 0.29) is 15.4 Å². The number of carboxylic acid groups (broad SMARTS) is 1. The number of carboxylic acids is 1.